The Bertz CT molecular complexity index is 434. The lowest BCUT2D eigenvalue weighted by molar-refractivity contribution is 0.00578. The minimum atomic E-state index is -0.458. The third-order valence-corrected chi connectivity index (χ3v) is 3.66. The molecule has 2 rings (SSSR count). The Morgan fingerprint density at radius 3 is 2.42 bits per heavy atom. The highest BCUT2D eigenvalue weighted by Gasteiger charge is 2.52. The normalized spacial score (nSPS) is 20.6. The first-order valence-corrected chi connectivity index (χ1v) is 6.29. The van der Waals surface area contributed by atoms with Gasteiger partial charge in [-0.15, -0.1) is 0 Å². The van der Waals surface area contributed by atoms with Crippen LogP contribution in [-0.4, -0.2) is 37.2 Å². The van der Waals surface area contributed by atoms with Crippen molar-refractivity contribution in [3.8, 4) is 5.75 Å². The number of hydrogen-bond donors (Lipinski definition) is 0. The standard InChI is InChI=1S/C13H20BNO4/c1-12(2)13(3,4)19-14(18-12)10-6-7-15-8-11(10)17-9-16-5/h6-8H,9H2,1-5H3. The van der Waals surface area contributed by atoms with Gasteiger partial charge in [0.25, 0.3) is 0 Å². The van der Waals surface area contributed by atoms with E-state index in [4.69, 9.17) is 18.8 Å². The third-order valence-electron chi connectivity index (χ3n) is 3.66. The fourth-order valence-electron chi connectivity index (χ4n) is 1.80. The Kier molecular flexibility index (Phi) is 3.85. The van der Waals surface area contributed by atoms with Gasteiger partial charge in [0.1, 0.15) is 5.75 Å². The average molecular weight is 265 g/mol. The Hall–Kier alpha value is -1.11. The average Bonchev–Trinajstić information content (AvgIpc) is 2.56. The molecule has 6 heteroatoms. The van der Waals surface area contributed by atoms with Crippen LogP contribution in [0, 0.1) is 0 Å². The van der Waals surface area contributed by atoms with Crippen LogP contribution in [0.25, 0.3) is 0 Å². The van der Waals surface area contributed by atoms with E-state index in [0.29, 0.717) is 5.75 Å². The monoisotopic (exact) mass is 265 g/mol. The van der Waals surface area contributed by atoms with Gasteiger partial charge in [-0.05, 0) is 33.8 Å². The molecule has 104 valence electrons. The summed E-state index contributed by atoms with van der Waals surface area (Å²) >= 11 is 0. The first-order chi connectivity index (χ1) is 8.87. The molecule has 0 radical (unpaired) electrons. The molecule has 2 heterocycles. The number of nitrogens with zero attached hydrogens (tertiary/aromatic N) is 1. The van der Waals surface area contributed by atoms with E-state index in [1.54, 1.807) is 19.5 Å². The van der Waals surface area contributed by atoms with E-state index in [1.165, 1.54) is 0 Å². The Morgan fingerprint density at radius 1 is 1.21 bits per heavy atom. The lowest BCUT2D eigenvalue weighted by atomic mass is 9.79. The van der Waals surface area contributed by atoms with E-state index in [0.717, 1.165) is 5.46 Å². The molecule has 1 saturated heterocycles. The SMILES string of the molecule is COCOc1cnccc1B1OC(C)(C)C(C)(C)O1. The van der Waals surface area contributed by atoms with Crippen molar-refractivity contribution in [3.05, 3.63) is 18.5 Å². The van der Waals surface area contributed by atoms with Crippen molar-refractivity contribution >= 4 is 12.6 Å². The maximum absolute atomic E-state index is 6.00. The van der Waals surface area contributed by atoms with E-state index >= 15 is 0 Å². The molecule has 0 aliphatic carbocycles. The highest BCUT2D eigenvalue weighted by molar-refractivity contribution is 6.63. The van der Waals surface area contributed by atoms with E-state index in [2.05, 4.69) is 4.98 Å². The molecule has 1 aromatic rings. The molecule has 0 amide bonds. The lowest BCUT2D eigenvalue weighted by Gasteiger charge is -2.32. The summed E-state index contributed by atoms with van der Waals surface area (Å²) < 4.78 is 22.4. The zero-order valence-corrected chi connectivity index (χ0v) is 12.1. The summed E-state index contributed by atoms with van der Waals surface area (Å²) in [6, 6.07) is 1.84. The van der Waals surface area contributed by atoms with Crippen molar-refractivity contribution in [3.63, 3.8) is 0 Å². The smallest absolute Gasteiger partial charge is 0.466 e. The van der Waals surface area contributed by atoms with Crippen molar-refractivity contribution in [2.24, 2.45) is 0 Å². The number of aromatic nitrogens is 1. The minimum Gasteiger partial charge on any atom is -0.466 e. The van der Waals surface area contributed by atoms with Gasteiger partial charge in [0.05, 0.1) is 17.4 Å². The number of rotatable bonds is 4. The summed E-state index contributed by atoms with van der Waals surface area (Å²) in [6.45, 7) is 8.24. The van der Waals surface area contributed by atoms with Crippen LogP contribution in [0.4, 0.5) is 0 Å². The minimum absolute atomic E-state index is 0.165. The van der Waals surface area contributed by atoms with Crippen LogP contribution in [0.1, 0.15) is 27.7 Å². The Morgan fingerprint density at radius 2 is 1.84 bits per heavy atom. The second-order valence-electron chi connectivity index (χ2n) is 5.55. The Balaban J connectivity index is 2.24. The molecule has 1 aliphatic rings. The van der Waals surface area contributed by atoms with Crippen molar-refractivity contribution < 1.29 is 18.8 Å². The van der Waals surface area contributed by atoms with Crippen molar-refractivity contribution in [1.82, 2.24) is 4.98 Å². The van der Waals surface area contributed by atoms with E-state index in [9.17, 15) is 0 Å². The van der Waals surface area contributed by atoms with Gasteiger partial charge in [0, 0.05) is 18.8 Å². The fraction of sp³-hybridized carbons (Fsp3) is 0.615. The van der Waals surface area contributed by atoms with Gasteiger partial charge in [-0.2, -0.15) is 0 Å². The van der Waals surface area contributed by atoms with Crippen molar-refractivity contribution in [1.29, 1.82) is 0 Å². The summed E-state index contributed by atoms with van der Waals surface area (Å²) in [5.41, 5.74) is 0.0737. The summed E-state index contributed by atoms with van der Waals surface area (Å²) in [5.74, 6) is 0.614. The molecule has 0 atom stereocenters. The van der Waals surface area contributed by atoms with Gasteiger partial charge in [-0.1, -0.05) is 0 Å². The molecule has 1 aliphatic heterocycles. The Labute approximate surface area is 114 Å². The highest BCUT2D eigenvalue weighted by Crippen LogP contribution is 2.37. The van der Waals surface area contributed by atoms with E-state index in [1.807, 2.05) is 33.8 Å². The molecule has 19 heavy (non-hydrogen) atoms. The summed E-state index contributed by atoms with van der Waals surface area (Å²) in [5, 5.41) is 0. The number of hydrogen-bond acceptors (Lipinski definition) is 5. The predicted molar refractivity (Wildman–Crippen MR) is 72.5 cm³/mol. The van der Waals surface area contributed by atoms with Gasteiger partial charge in [0.2, 0.25) is 0 Å². The third kappa shape index (κ3) is 2.75. The van der Waals surface area contributed by atoms with Gasteiger partial charge < -0.3 is 18.8 Å². The maximum atomic E-state index is 6.00. The van der Waals surface area contributed by atoms with Crippen LogP contribution < -0.4 is 10.2 Å². The summed E-state index contributed by atoms with van der Waals surface area (Å²) in [7, 11) is 1.12. The molecular formula is C13H20BNO4. The van der Waals surface area contributed by atoms with Crippen LogP contribution in [0.3, 0.4) is 0 Å². The molecule has 0 spiro atoms. The molecule has 0 N–H and O–H groups in total. The van der Waals surface area contributed by atoms with Crippen LogP contribution in [0.15, 0.2) is 18.5 Å². The van der Waals surface area contributed by atoms with Crippen molar-refractivity contribution in [2.45, 2.75) is 38.9 Å². The van der Waals surface area contributed by atoms with Crippen molar-refractivity contribution in [2.75, 3.05) is 13.9 Å². The molecule has 0 unspecified atom stereocenters. The fourth-order valence-corrected chi connectivity index (χ4v) is 1.80. The quantitative estimate of drug-likeness (QED) is 0.607. The van der Waals surface area contributed by atoms with E-state index < -0.39 is 7.12 Å². The second kappa shape index (κ2) is 5.11. The molecule has 5 nitrogen and oxygen atoms in total. The first-order valence-electron chi connectivity index (χ1n) is 6.29. The van der Waals surface area contributed by atoms with Gasteiger partial charge in [-0.3, -0.25) is 4.98 Å². The summed E-state index contributed by atoms with van der Waals surface area (Å²) in [6.07, 6.45) is 3.33. The molecule has 0 bridgehead atoms. The van der Waals surface area contributed by atoms with Crippen LogP contribution in [0.5, 0.6) is 5.75 Å². The zero-order chi connectivity index (χ0) is 14.1. The zero-order valence-electron chi connectivity index (χ0n) is 12.1. The predicted octanol–water partition coefficient (Wildman–Crippen LogP) is 1.36. The molecule has 0 saturated carbocycles. The number of pyridine rings is 1. The van der Waals surface area contributed by atoms with Gasteiger partial charge >= 0.3 is 7.12 Å². The van der Waals surface area contributed by atoms with Gasteiger partial charge in [-0.25, -0.2) is 0 Å². The lowest BCUT2D eigenvalue weighted by Crippen LogP contribution is -2.41. The summed E-state index contributed by atoms with van der Waals surface area (Å²) in [4.78, 5) is 4.05. The molecule has 1 fully saturated rings. The second-order valence-corrected chi connectivity index (χ2v) is 5.55. The van der Waals surface area contributed by atoms with E-state index in [-0.39, 0.29) is 18.0 Å². The van der Waals surface area contributed by atoms with Gasteiger partial charge in [0.15, 0.2) is 6.79 Å². The maximum Gasteiger partial charge on any atom is 0.498 e. The number of methoxy groups -OCH3 is 1. The molecule has 0 aromatic carbocycles. The van der Waals surface area contributed by atoms with Crippen LogP contribution in [-0.2, 0) is 14.0 Å². The largest absolute Gasteiger partial charge is 0.498 e. The molecular weight excluding hydrogens is 245 g/mol. The number of ether oxygens (including phenoxy) is 2. The highest BCUT2D eigenvalue weighted by atomic mass is 16.7. The molecule has 1 aromatic heterocycles. The first kappa shape index (κ1) is 14.3. The van der Waals surface area contributed by atoms with Crippen LogP contribution in [0.2, 0.25) is 0 Å². The topological polar surface area (TPSA) is 49.8 Å². The van der Waals surface area contributed by atoms with Crippen LogP contribution >= 0.6 is 0 Å².